The van der Waals surface area contributed by atoms with Crippen LogP contribution in [0.15, 0.2) is 40.9 Å². The van der Waals surface area contributed by atoms with Crippen LogP contribution in [0.3, 0.4) is 0 Å². The molecule has 5 heteroatoms. The first kappa shape index (κ1) is 16.0. The maximum Gasteiger partial charge on any atom is 0.175 e. The van der Waals surface area contributed by atoms with Crippen LogP contribution in [0.1, 0.15) is 29.7 Å². The number of hydrogen-bond donors (Lipinski definition) is 1. The van der Waals surface area contributed by atoms with Gasteiger partial charge in [0.05, 0.1) is 18.4 Å². The Bertz CT molecular complexity index is 882. The smallest absolute Gasteiger partial charge is 0.175 e. The van der Waals surface area contributed by atoms with Crippen molar-refractivity contribution in [1.29, 1.82) is 0 Å². The lowest BCUT2D eigenvalue weighted by molar-refractivity contribution is 0.321. The predicted octanol–water partition coefficient (Wildman–Crippen LogP) is 3.73. The van der Waals surface area contributed by atoms with Crippen LogP contribution in [0, 0.1) is 0 Å². The molecule has 0 radical (unpaired) electrons. The van der Waals surface area contributed by atoms with Gasteiger partial charge in [-0.25, -0.2) is 0 Å². The number of aromatic nitrogens is 1. The molecule has 0 amide bonds. The van der Waals surface area contributed by atoms with E-state index in [9.17, 15) is 5.11 Å². The number of fused-ring (bicyclic) bond motifs is 1. The summed E-state index contributed by atoms with van der Waals surface area (Å²) >= 11 is 0. The molecule has 0 spiro atoms. The summed E-state index contributed by atoms with van der Waals surface area (Å²) in [5.41, 5.74) is 3.45. The van der Waals surface area contributed by atoms with Crippen LogP contribution < -0.4 is 4.74 Å². The highest BCUT2D eigenvalue weighted by molar-refractivity contribution is 5.84. The first-order valence-corrected chi connectivity index (χ1v) is 8.69. The summed E-state index contributed by atoms with van der Waals surface area (Å²) in [4.78, 5) is 2.34. The molecule has 3 aromatic rings. The second-order valence-electron chi connectivity index (χ2n) is 6.54. The molecule has 0 atom stereocenters. The predicted molar refractivity (Wildman–Crippen MR) is 96.0 cm³/mol. The van der Waals surface area contributed by atoms with Gasteiger partial charge in [-0.3, -0.25) is 4.90 Å². The van der Waals surface area contributed by atoms with Gasteiger partial charge in [0, 0.05) is 23.9 Å². The molecule has 1 fully saturated rings. The van der Waals surface area contributed by atoms with Gasteiger partial charge in [0.15, 0.2) is 5.58 Å². The fourth-order valence-corrected chi connectivity index (χ4v) is 3.57. The number of likely N-dealkylation sites (tertiary alicyclic amines) is 1. The molecule has 0 saturated carbocycles. The summed E-state index contributed by atoms with van der Waals surface area (Å²) in [6, 6.07) is 11.6. The van der Waals surface area contributed by atoms with Gasteiger partial charge in [-0.05, 0) is 44.1 Å². The maximum absolute atomic E-state index is 10.3. The van der Waals surface area contributed by atoms with E-state index in [1.165, 1.54) is 12.8 Å². The zero-order valence-electron chi connectivity index (χ0n) is 14.4. The molecule has 0 unspecified atom stereocenters. The average molecular weight is 338 g/mol. The summed E-state index contributed by atoms with van der Waals surface area (Å²) in [6.07, 6.45) is 3.06. The number of methoxy groups -OCH3 is 1. The van der Waals surface area contributed by atoms with E-state index in [-0.39, 0.29) is 5.75 Å². The SMILES string of the molecule is COc1ccccc1Cc1noc2c(CN3CCCC3)c(O)ccc12. The number of benzene rings is 2. The molecule has 2 aromatic carbocycles. The number of para-hydroxylation sites is 1. The number of ether oxygens (including phenoxy) is 1. The van der Waals surface area contributed by atoms with Gasteiger partial charge in [0.1, 0.15) is 11.5 Å². The third-order valence-electron chi connectivity index (χ3n) is 4.92. The lowest BCUT2D eigenvalue weighted by atomic mass is 10.0. The topological polar surface area (TPSA) is 58.7 Å². The van der Waals surface area contributed by atoms with E-state index in [0.717, 1.165) is 41.0 Å². The summed E-state index contributed by atoms with van der Waals surface area (Å²) in [5.74, 6) is 1.12. The largest absolute Gasteiger partial charge is 0.507 e. The quantitative estimate of drug-likeness (QED) is 0.768. The Kier molecular flexibility index (Phi) is 4.32. The molecule has 1 saturated heterocycles. The van der Waals surface area contributed by atoms with E-state index < -0.39 is 0 Å². The Hall–Kier alpha value is -2.53. The summed E-state index contributed by atoms with van der Waals surface area (Å²) in [7, 11) is 1.67. The molecule has 2 heterocycles. The number of phenolic OH excluding ortho intramolecular Hbond substituents is 1. The van der Waals surface area contributed by atoms with Crippen molar-refractivity contribution in [1.82, 2.24) is 10.1 Å². The van der Waals surface area contributed by atoms with Gasteiger partial charge in [-0.2, -0.15) is 0 Å². The third kappa shape index (κ3) is 3.07. The lowest BCUT2D eigenvalue weighted by Crippen LogP contribution is -2.18. The van der Waals surface area contributed by atoms with Crippen molar-refractivity contribution in [2.45, 2.75) is 25.8 Å². The van der Waals surface area contributed by atoms with E-state index in [2.05, 4.69) is 10.1 Å². The van der Waals surface area contributed by atoms with Crippen molar-refractivity contribution in [3.63, 3.8) is 0 Å². The zero-order valence-corrected chi connectivity index (χ0v) is 14.4. The number of hydrogen-bond acceptors (Lipinski definition) is 5. The van der Waals surface area contributed by atoms with E-state index in [0.29, 0.717) is 18.5 Å². The van der Waals surface area contributed by atoms with Crippen molar-refractivity contribution in [3.8, 4) is 11.5 Å². The second-order valence-corrected chi connectivity index (χ2v) is 6.54. The van der Waals surface area contributed by atoms with Crippen LogP contribution in [0.25, 0.3) is 11.0 Å². The molecule has 0 bridgehead atoms. The van der Waals surface area contributed by atoms with Crippen molar-refractivity contribution >= 4 is 11.0 Å². The van der Waals surface area contributed by atoms with Gasteiger partial charge >= 0.3 is 0 Å². The Morgan fingerprint density at radius 1 is 1.16 bits per heavy atom. The number of rotatable bonds is 5. The molecule has 1 aliphatic heterocycles. The molecular weight excluding hydrogens is 316 g/mol. The molecule has 130 valence electrons. The molecule has 1 N–H and O–H groups in total. The fraction of sp³-hybridized carbons (Fsp3) is 0.350. The minimum absolute atomic E-state index is 0.277. The molecular formula is C20H22N2O3. The van der Waals surface area contributed by atoms with Crippen LogP contribution in [0.5, 0.6) is 11.5 Å². The first-order chi connectivity index (χ1) is 12.3. The maximum atomic E-state index is 10.3. The van der Waals surface area contributed by atoms with Crippen molar-refractivity contribution in [2.24, 2.45) is 0 Å². The van der Waals surface area contributed by atoms with Gasteiger partial charge in [0.25, 0.3) is 0 Å². The number of nitrogens with zero attached hydrogens (tertiary/aromatic N) is 2. The normalized spacial score (nSPS) is 15.1. The number of phenols is 1. The molecule has 1 aromatic heterocycles. The van der Waals surface area contributed by atoms with Crippen molar-refractivity contribution in [2.75, 3.05) is 20.2 Å². The highest BCUT2D eigenvalue weighted by atomic mass is 16.5. The third-order valence-corrected chi connectivity index (χ3v) is 4.92. The lowest BCUT2D eigenvalue weighted by Gasteiger charge is -2.15. The van der Waals surface area contributed by atoms with Crippen molar-refractivity contribution in [3.05, 3.63) is 53.2 Å². The summed E-state index contributed by atoms with van der Waals surface area (Å²) in [5, 5.41) is 15.6. The van der Waals surface area contributed by atoms with Crippen LogP contribution in [-0.4, -0.2) is 35.4 Å². The van der Waals surface area contributed by atoms with Gasteiger partial charge in [0.2, 0.25) is 0 Å². The zero-order chi connectivity index (χ0) is 17.2. The highest BCUT2D eigenvalue weighted by Gasteiger charge is 2.20. The van der Waals surface area contributed by atoms with Crippen LogP contribution in [-0.2, 0) is 13.0 Å². The monoisotopic (exact) mass is 338 g/mol. The summed E-state index contributed by atoms with van der Waals surface area (Å²) < 4.78 is 11.1. The van der Waals surface area contributed by atoms with Crippen LogP contribution >= 0.6 is 0 Å². The molecule has 25 heavy (non-hydrogen) atoms. The Labute approximate surface area is 146 Å². The van der Waals surface area contributed by atoms with E-state index in [1.54, 1.807) is 13.2 Å². The van der Waals surface area contributed by atoms with E-state index in [1.807, 2.05) is 30.3 Å². The second kappa shape index (κ2) is 6.76. The van der Waals surface area contributed by atoms with Gasteiger partial charge in [-0.15, -0.1) is 0 Å². The Morgan fingerprint density at radius 2 is 1.96 bits per heavy atom. The van der Waals surface area contributed by atoms with Crippen LogP contribution in [0.4, 0.5) is 0 Å². The standard InChI is InChI=1S/C20H22N2O3/c1-24-19-7-3-2-6-14(19)12-17-15-8-9-18(23)16(20(15)25-21-17)13-22-10-4-5-11-22/h2-3,6-9,23H,4-5,10-13H2,1H3. The number of aromatic hydroxyl groups is 1. The van der Waals surface area contributed by atoms with Gasteiger partial charge < -0.3 is 14.4 Å². The highest BCUT2D eigenvalue weighted by Crippen LogP contribution is 2.33. The minimum Gasteiger partial charge on any atom is -0.507 e. The molecule has 4 rings (SSSR count). The molecule has 5 nitrogen and oxygen atoms in total. The minimum atomic E-state index is 0.277. The average Bonchev–Trinajstić information content (AvgIpc) is 3.28. The molecule has 1 aliphatic rings. The molecule has 0 aliphatic carbocycles. The van der Waals surface area contributed by atoms with Crippen LogP contribution in [0.2, 0.25) is 0 Å². The fourth-order valence-electron chi connectivity index (χ4n) is 3.57. The Balaban J connectivity index is 1.69. The van der Waals surface area contributed by atoms with E-state index in [4.69, 9.17) is 9.26 Å². The Morgan fingerprint density at radius 3 is 2.76 bits per heavy atom. The van der Waals surface area contributed by atoms with Gasteiger partial charge in [-0.1, -0.05) is 23.4 Å². The van der Waals surface area contributed by atoms with Crippen molar-refractivity contribution < 1.29 is 14.4 Å². The van der Waals surface area contributed by atoms with E-state index >= 15 is 0 Å². The summed E-state index contributed by atoms with van der Waals surface area (Å²) in [6.45, 7) is 2.84. The first-order valence-electron chi connectivity index (χ1n) is 8.69.